The van der Waals surface area contributed by atoms with E-state index in [1.165, 1.54) is 4.90 Å². The Kier molecular flexibility index (Phi) is 4.39. The molecular weight excluding hydrogens is 346 g/mol. The van der Waals surface area contributed by atoms with Crippen LogP contribution in [0.3, 0.4) is 0 Å². The summed E-state index contributed by atoms with van der Waals surface area (Å²) in [6.45, 7) is -0.321. The van der Waals surface area contributed by atoms with Crippen LogP contribution in [0, 0.1) is 0 Å². The van der Waals surface area contributed by atoms with Gasteiger partial charge in [0.1, 0.15) is 6.54 Å². The lowest BCUT2D eigenvalue weighted by Crippen LogP contribution is -2.35. The average Bonchev–Trinajstić information content (AvgIpc) is 2.78. The quantitative estimate of drug-likeness (QED) is 0.745. The molecule has 0 radical (unpaired) electrons. The Balaban J connectivity index is 1.81. The number of anilines is 1. The van der Waals surface area contributed by atoms with Crippen LogP contribution in [0.1, 0.15) is 17.2 Å². The Morgan fingerprint density at radius 1 is 1.04 bits per heavy atom. The Hall–Kier alpha value is -2.79. The van der Waals surface area contributed by atoms with E-state index >= 15 is 0 Å². The number of hydrogen-bond acceptors (Lipinski definition) is 3. The first kappa shape index (κ1) is 16.7. The van der Waals surface area contributed by atoms with E-state index in [0.29, 0.717) is 5.69 Å². The summed E-state index contributed by atoms with van der Waals surface area (Å²) in [6, 6.07) is 21.8. The van der Waals surface area contributed by atoms with Crippen molar-refractivity contribution in [3.8, 4) is 0 Å². The van der Waals surface area contributed by atoms with Gasteiger partial charge < -0.3 is 10.0 Å². The number of para-hydroxylation sites is 1. The van der Waals surface area contributed by atoms with Crippen molar-refractivity contribution in [1.29, 1.82) is 0 Å². The zero-order valence-electron chi connectivity index (χ0n) is 14.0. The molecule has 0 aliphatic carbocycles. The van der Waals surface area contributed by atoms with E-state index < -0.39 is 5.97 Å². The summed E-state index contributed by atoms with van der Waals surface area (Å²) in [7, 11) is 0. The smallest absolute Gasteiger partial charge is 0.323 e. The van der Waals surface area contributed by atoms with Crippen molar-refractivity contribution in [2.45, 2.75) is 16.6 Å². The molecule has 0 saturated heterocycles. The van der Waals surface area contributed by atoms with Crippen LogP contribution in [-0.4, -0.2) is 23.5 Å². The number of thioether (sulfide) groups is 1. The molecule has 0 saturated carbocycles. The SMILES string of the molecule is O=C(O)CN1C(=O)C[C@@H](c2cccc3ccccc23)Sc2ccccc21. The van der Waals surface area contributed by atoms with Gasteiger partial charge in [0.05, 0.1) is 5.69 Å². The topological polar surface area (TPSA) is 57.6 Å². The normalized spacial score (nSPS) is 17.0. The molecule has 0 aromatic heterocycles. The molecule has 130 valence electrons. The van der Waals surface area contributed by atoms with Crippen LogP contribution in [0.25, 0.3) is 10.8 Å². The molecule has 0 unspecified atom stereocenters. The van der Waals surface area contributed by atoms with Crippen LogP contribution in [-0.2, 0) is 9.59 Å². The first-order valence-corrected chi connectivity index (χ1v) is 9.27. The van der Waals surface area contributed by atoms with Crippen molar-refractivity contribution >= 4 is 40.1 Å². The summed E-state index contributed by atoms with van der Waals surface area (Å²) in [5.41, 5.74) is 1.78. The number of rotatable bonds is 3. The van der Waals surface area contributed by atoms with E-state index in [1.54, 1.807) is 11.8 Å². The van der Waals surface area contributed by atoms with Gasteiger partial charge >= 0.3 is 5.97 Å². The highest BCUT2D eigenvalue weighted by molar-refractivity contribution is 7.99. The van der Waals surface area contributed by atoms with E-state index in [9.17, 15) is 14.7 Å². The fourth-order valence-electron chi connectivity index (χ4n) is 3.39. The highest BCUT2D eigenvalue weighted by Gasteiger charge is 2.30. The number of fused-ring (bicyclic) bond motifs is 2. The van der Waals surface area contributed by atoms with Gasteiger partial charge in [0.25, 0.3) is 0 Å². The van der Waals surface area contributed by atoms with Gasteiger partial charge in [0.2, 0.25) is 5.91 Å². The maximum Gasteiger partial charge on any atom is 0.323 e. The van der Waals surface area contributed by atoms with Crippen LogP contribution in [0.15, 0.2) is 71.6 Å². The van der Waals surface area contributed by atoms with E-state index in [2.05, 4.69) is 24.3 Å². The number of amides is 1. The van der Waals surface area contributed by atoms with Crippen LogP contribution < -0.4 is 4.90 Å². The predicted octanol–water partition coefficient (Wildman–Crippen LogP) is 4.49. The molecule has 1 atom stereocenters. The molecule has 26 heavy (non-hydrogen) atoms. The minimum absolute atomic E-state index is 0.0615. The van der Waals surface area contributed by atoms with Crippen molar-refractivity contribution in [2.24, 2.45) is 0 Å². The molecule has 0 fully saturated rings. The van der Waals surface area contributed by atoms with Crippen LogP contribution >= 0.6 is 11.8 Å². The molecule has 1 amide bonds. The Labute approximate surface area is 155 Å². The molecule has 3 aromatic carbocycles. The second-order valence-electron chi connectivity index (χ2n) is 6.22. The minimum atomic E-state index is -1.01. The zero-order valence-corrected chi connectivity index (χ0v) is 14.8. The number of carboxylic acids is 1. The first-order valence-electron chi connectivity index (χ1n) is 8.39. The second kappa shape index (κ2) is 6.84. The molecule has 4 nitrogen and oxygen atoms in total. The number of hydrogen-bond donors (Lipinski definition) is 1. The van der Waals surface area contributed by atoms with Gasteiger partial charge in [-0.25, -0.2) is 0 Å². The van der Waals surface area contributed by atoms with Crippen molar-refractivity contribution < 1.29 is 14.7 Å². The number of carbonyl (C=O) groups excluding carboxylic acids is 1. The van der Waals surface area contributed by atoms with Gasteiger partial charge in [-0.1, -0.05) is 54.6 Å². The molecule has 1 N–H and O–H groups in total. The fourth-order valence-corrected chi connectivity index (χ4v) is 4.71. The van der Waals surface area contributed by atoms with Gasteiger partial charge in [0.15, 0.2) is 0 Å². The molecule has 5 heteroatoms. The average molecular weight is 363 g/mol. The van der Waals surface area contributed by atoms with Gasteiger partial charge in [-0.05, 0) is 28.5 Å². The fraction of sp³-hybridized carbons (Fsp3) is 0.143. The van der Waals surface area contributed by atoms with E-state index in [1.807, 2.05) is 42.5 Å². The molecule has 3 aromatic rings. The third-order valence-electron chi connectivity index (χ3n) is 4.55. The zero-order chi connectivity index (χ0) is 18.1. The Morgan fingerprint density at radius 2 is 1.77 bits per heavy atom. The number of nitrogens with zero attached hydrogens (tertiary/aromatic N) is 1. The molecule has 1 aliphatic rings. The number of carbonyl (C=O) groups is 2. The largest absolute Gasteiger partial charge is 0.480 e. The molecule has 0 bridgehead atoms. The van der Waals surface area contributed by atoms with Crippen molar-refractivity contribution in [3.05, 3.63) is 72.3 Å². The van der Waals surface area contributed by atoms with Crippen molar-refractivity contribution in [3.63, 3.8) is 0 Å². The lowest BCUT2D eigenvalue weighted by molar-refractivity contribution is -0.136. The monoisotopic (exact) mass is 363 g/mol. The van der Waals surface area contributed by atoms with Crippen LogP contribution in [0.4, 0.5) is 5.69 Å². The second-order valence-corrected chi connectivity index (χ2v) is 7.46. The van der Waals surface area contributed by atoms with Gasteiger partial charge in [-0.3, -0.25) is 9.59 Å². The third-order valence-corrected chi connectivity index (χ3v) is 5.85. The number of benzene rings is 3. The summed E-state index contributed by atoms with van der Waals surface area (Å²) in [6.07, 6.45) is 0.265. The summed E-state index contributed by atoms with van der Waals surface area (Å²) in [5.74, 6) is -1.18. The van der Waals surface area contributed by atoms with Gasteiger partial charge in [-0.2, -0.15) is 0 Å². The van der Waals surface area contributed by atoms with E-state index in [-0.39, 0.29) is 24.1 Å². The maximum atomic E-state index is 12.9. The molecule has 0 spiro atoms. The molecule has 4 rings (SSSR count). The summed E-state index contributed by atoms with van der Waals surface area (Å²) in [4.78, 5) is 26.5. The predicted molar refractivity (Wildman–Crippen MR) is 104 cm³/mol. The van der Waals surface area contributed by atoms with Crippen molar-refractivity contribution in [2.75, 3.05) is 11.4 Å². The van der Waals surface area contributed by atoms with E-state index in [0.717, 1.165) is 21.2 Å². The lowest BCUT2D eigenvalue weighted by atomic mass is 10.00. The third kappa shape index (κ3) is 3.06. The summed E-state index contributed by atoms with van der Waals surface area (Å²) >= 11 is 1.62. The van der Waals surface area contributed by atoms with Crippen molar-refractivity contribution in [1.82, 2.24) is 0 Å². The molecule has 1 aliphatic heterocycles. The van der Waals surface area contributed by atoms with Gasteiger partial charge in [-0.15, -0.1) is 11.8 Å². The van der Waals surface area contributed by atoms with E-state index in [4.69, 9.17) is 0 Å². The van der Waals surface area contributed by atoms with Gasteiger partial charge in [0, 0.05) is 16.6 Å². The standard InChI is InChI=1S/C21H17NO3S/c23-20-12-19(16-9-5-7-14-6-1-2-8-15(14)16)26-18-11-4-3-10-17(18)22(20)13-21(24)25/h1-11,19H,12-13H2,(H,24,25)/t19-/m0/s1. The summed E-state index contributed by atoms with van der Waals surface area (Å²) < 4.78 is 0. The maximum absolute atomic E-state index is 12.9. The Bertz CT molecular complexity index is 996. The van der Waals surface area contributed by atoms with Crippen LogP contribution in [0.2, 0.25) is 0 Å². The number of carboxylic acid groups (broad SMARTS) is 1. The minimum Gasteiger partial charge on any atom is -0.480 e. The lowest BCUT2D eigenvalue weighted by Gasteiger charge is -2.20. The highest BCUT2D eigenvalue weighted by atomic mass is 32.2. The molecule has 1 heterocycles. The van der Waals surface area contributed by atoms with Crippen LogP contribution in [0.5, 0.6) is 0 Å². The molecular formula is C21H17NO3S. The first-order chi connectivity index (χ1) is 12.6. The summed E-state index contributed by atoms with van der Waals surface area (Å²) in [5, 5.41) is 11.4. The number of aliphatic carboxylic acids is 1. The highest BCUT2D eigenvalue weighted by Crippen LogP contribution is 2.46. The Morgan fingerprint density at radius 3 is 2.62 bits per heavy atom.